The van der Waals surface area contributed by atoms with Gasteiger partial charge in [-0.3, -0.25) is 9.69 Å². The van der Waals surface area contributed by atoms with Gasteiger partial charge in [-0.05, 0) is 36.8 Å². The predicted octanol–water partition coefficient (Wildman–Crippen LogP) is 4.39. The second-order valence-corrected chi connectivity index (χ2v) is 7.06. The molecule has 1 fully saturated rings. The van der Waals surface area contributed by atoms with Crippen molar-refractivity contribution < 1.29 is 4.79 Å². The van der Waals surface area contributed by atoms with E-state index in [0.29, 0.717) is 17.3 Å². The molecule has 1 heterocycles. The number of piperazine rings is 1. The Morgan fingerprint density at radius 3 is 2.15 bits per heavy atom. The molecule has 0 spiro atoms. The lowest BCUT2D eigenvalue weighted by atomic mass is 10.1. The van der Waals surface area contributed by atoms with Crippen molar-refractivity contribution in [2.24, 2.45) is 0 Å². The zero-order valence-corrected chi connectivity index (χ0v) is 17.8. The summed E-state index contributed by atoms with van der Waals surface area (Å²) in [7, 11) is 0. The molecule has 1 atom stereocenters. The Morgan fingerprint density at radius 2 is 1.58 bits per heavy atom. The highest BCUT2D eigenvalue weighted by Crippen LogP contribution is 2.24. The fraction of sp³-hybridized carbons (Fsp3) is 0.316. The summed E-state index contributed by atoms with van der Waals surface area (Å²) in [6.45, 7) is 5.42. The number of nitrogen functional groups attached to an aromatic ring is 1. The molecule has 1 unspecified atom stereocenters. The summed E-state index contributed by atoms with van der Waals surface area (Å²) in [6, 6.07) is 16.1. The van der Waals surface area contributed by atoms with Crippen LogP contribution in [0.15, 0.2) is 53.0 Å². The Balaban J connectivity index is 0.00000169. The van der Waals surface area contributed by atoms with Crippen LogP contribution in [0.25, 0.3) is 0 Å². The summed E-state index contributed by atoms with van der Waals surface area (Å²) in [4.78, 5) is 16.9. The molecule has 2 aromatic rings. The molecule has 26 heavy (non-hydrogen) atoms. The van der Waals surface area contributed by atoms with Gasteiger partial charge in [0.2, 0.25) is 0 Å². The Morgan fingerprint density at radius 1 is 1.00 bits per heavy atom. The van der Waals surface area contributed by atoms with Crippen molar-refractivity contribution in [2.45, 2.75) is 13.0 Å². The molecule has 3 rings (SSSR count). The first kappa shape index (κ1) is 22.8. The number of nitrogens with two attached hydrogens (primary N) is 1. The molecule has 1 aliphatic heterocycles. The van der Waals surface area contributed by atoms with Crippen molar-refractivity contribution >= 4 is 52.3 Å². The number of halogens is 3. The van der Waals surface area contributed by atoms with Gasteiger partial charge in [-0.15, -0.1) is 24.8 Å². The van der Waals surface area contributed by atoms with Crippen molar-refractivity contribution in [2.75, 3.05) is 31.9 Å². The van der Waals surface area contributed by atoms with Gasteiger partial charge in [0.15, 0.2) is 0 Å². The van der Waals surface area contributed by atoms with Crippen molar-refractivity contribution in [3.63, 3.8) is 0 Å². The maximum absolute atomic E-state index is 12.6. The molecule has 1 saturated heterocycles. The molecule has 142 valence electrons. The number of nitrogens with zero attached hydrogens (tertiary/aromatic N) is 2. The molecule has 0 saturated carbocycles. The van der Waals surface area contributed by atoms with E-state index in [9.17, 15) is 4.79 Å². The van der Waals surface area contributed by atoms with Crippen LogP contribution in [-0.4, -0.2) is 41.9 Å². The van der Waals surface area contributed by atoms with Crippen LogP contribution >= 0.6 is 40.7 Å². The van der Waals surface area contributed by atoms with Crippen LogP contribution in [0.5, 0.6) is 0 Å². The van der Waals surface area contributed by atoms with Gasteiger partial charge in [-0.2, -0.15) is 0 Å². The van der Waals surface area contributed by atoms with Gasteiger partial charge < -0.3 is 10.6 Å². The van der Waals surface area contributed by atoms with Crippen LogP contribution in [0.2, 0.25) is 0 Å². The van der Waals surface area contributed by atoms with E-state index in [-0.39, 0.29) is 30.7 Å². The molecule has 1 aliphatic rings. The third kappa shape index (κ3) is 5.13. The first-order valence-electron chi connectivity index (χ1n) is 8.19. The number of para-hydroxylation sites is 1. The molecule has 0 radical (unpaired) electrons. The monoisotopic (exact) mass is 459 g/mol. The van der Waals surface area contributed by atoms with Gasteiger partial charge >= 0.3 is 0 Å². The Kier molecular flexibility index (Phi) is 8.90. The second-order valence-electron chi connectivity index (χ2n) is 6.14. The summed E-state index contributed by atoms with van der Waals surface area (Å²) >= 11 is 3.47. The maximum atomic E-state index is 12.6. The van der Waals surface area contributed by atoms with E-state index in [2.05, 4.69) is 52.0 Å². The van der Waals surface area contributed by atoms with Gasteiger partial charge in [0.05, 0.1) is 5.56 Å². The maximum Gasteiger partial charge on any atom is 0.256 e. The fourth-order valence-electron chi connectivity index (χ4n) is 3.13. The molecular formula is C19H24BrCl2N3O. The highest BCUT2D eigenvalue weighted by atomic mass is 79.9. The highest BCUT2D eigenvalue weighted by Gasteiger charge is 2.26. The Labute approximate surface area is 175 Å². The number of rotatable bonds is 3. The SMILES string of the molecule is CC(c1ccc(Br)cc1)N1CCN(C(=O)c2ccccc2N)CC1.Cl.Cl. The number of carbonyl (C=O) groups is 1. The van der Waals surface area contributed by atoms with E-state index < -0.39 is 0 Å². The molecule has 2 aromatic carbocycles. The van der Waals surface area contributed by atoms with E-state index in [4.69, 9.17) is 5.73 Å². The summed E-state index contributed by atoms with van der Waals surface area (Å²) in [5, 5.41) is 0. The number of carbonyl (C=O) groups excluding carboxylic acids is 1. The first-order chi connectivity index (χ1) is 11.6. The van der Waals surface area contributed by atoms with E-state index in [1.807, 2.05) is 17.0 Å². The molecule has 0 aliphatic carbocycles. The zero-order valence-electron chi connectivity index (χ0n) is 14.6. The lowest BCUT2D eigenvalue weighted by Crippen LogP contribution is -2.49. The van der Waals surface area contributed by atoms with Gasteiger partial charge in [-0.1, -0.05) is 40.2 Å². The van der Waals surface area contributed by atoms with Gasteiger partial charge in [0.25, 0.3) is 5.91 Å². The summed E-state index contributed by atoms with van der Waals surface area (Å²) in [5.41, 5.74) is 8.38. The molecule has 1 amide bonds. The average Bonchev–Trinajstić information content (AvgIpc) is 2.62. The van der Waals surface area contributed by atoms with Crippen molar-refractivity contribution in [3.8, 4) is 0 Å². The topological polar surface area (TPSA) is 49.6 Å². The van der Waals surface area contributed by atoms with Crippen LogP contribution in [0.3, 0.4) is 0 Å². The van der Waals surface area contributed by atoms with E-state index in [0.717, 1.165) is 30.7 Å². The third-order valence-electron chi connectivity index (χ3n) is 4.69. The number of amides is 1. The minimum Gasteiger partial charge on any atom is -0.398 e. The third-order valence-corrected chi connectivity index (χ3v) is 5.22. The highest BCUT2D eigenvalue weighted by molar-refractivity contribution is 9.10. The van der Waals surface area contributed by atoms with Crippen LogP contribution in [-0.2, 0) is 0 Å². The summed E-state index contributed by atoms with van der Waals surface area (Å²) < 4.78 is 1.09. The Bertz CT molecular complexity index is 719. The minimum atomic E-state index is 0. The molecule has 0 bridgehead atoms. The minimum absolute atomic E-state index is 0. The number of hydrogen-bond acceptors (Lipinski definition) is 3. The fourth-order valence-corrected chi connectivity index (χ4v) is 3.39. The van der Waals surface area contributed by atoms with E-state index in [1.54, 1.807) is 12.1 Å². The standard InChI is InChI=1S/C19H22BrN3O.2ClH/c1-14(15-6-8-16(20)9-7-15)22-10-12-23(13-11-22)19(24)17-4-2-3-5-18(17)21;;/h2-9,14H,10-13,21H2,1H3;2*1H. The molecular weight excluding hydrogens is 437 g/mol. The van der Waals surface area contributed by atoms with Crippen LogP contribution in [0.1, 0.15) is 28.9 Å². The Hall–Kier alpha value is -1.27. The van der Waals surface area contributed by atoms with Crippen LogP contribution in [0.4, 0.5) is 5.69 Å². The first-order valence-corrected chi connectivity index (χ1v) is 8.99. The lowest BCUT2D eigenvalue weighted by Gasteiger charge is -2.38. The smallest absolute Gasteiger partial charge is 0.256 e. The number of benzene rings is 2. The number of anilines is 1. The van der Waals surface area contributed by atoms with Crippen LogP contribution < -0.4 is 5.73 Å². The van der Waals surface area contributed by atoms with Crippen molar-refractivity contribution in [1.82, 2.24) is 9.80 Å². The van der Waals surface area contributed by atoms with Gasteiger partial charge in [0, 0.05) is 42.4 Å². The summed E-state index contributed by atoms with van der Waals surface area (Å²) in [5.74, 6) is 0.0315. The van der Waals surface area contributed by atoms with Crippen molar-refractivity contribution in [3.05, 3.63) is 64.1 Å². The largest absolute Gasteiger partial charge is 0.398 e. The molecule has 4 nitrogen and oxygen atoms in total. The average molecular weight is 461 g/mol. The molecule has 2 N–H and O–H groups in total. The second kappa shape index (κ2) is 10.2. The van der Waals surface area contributed by atoms with Gasteiger partial charge in [-0.25, -0.2) is 0 Å². The molecule has 0 aromatic heterocycles. The van der Waals surface area contributed by atoms with Gasteiger partial charge in [0.1, 0.15) is 0 Å². The van der Waals surface area contributed by atoms with Crippen LogP contribution in [0, 0.1) is 0 Å². The van der Waals surface area contributed by atoms with E-state index in [1.165, 1.54) is 5.56 Å². The summed E-state index contributed by atoms with van der Waals surface area (Å²) in [6.07, 6.45) is 0. The zero-order chi connectivity index (χ0) is 17.1. The normalized spacial score (nSPS) is 15.5. The van der Waals surface area contributed by atoms with E-state index >= 15 is 0 Å². The van der Waals surface area contributed by atoms with Crippen molar-refractivity contribution in [1.29, 1.82) is 0 Å². The lowest BCUT2D eigenvalue weighted by molar-refractivity contribution is 0.0583. The quantitative estimate of drug-likeness (QED) is 0.690. The predicted molar refractivity (Wildman–Crippen MR) is 115 cm³/mol. The molecule has 7 heteroatoms. The number of hydrogen-bond donors (Lipinski definition) is 1.